The van der Waals surface area contributed by atoms with Gasteiger partial charge in [0.05, 0.1) is 15.4 Å². The van der Waals surface area contributed by atoms with Crippen LogP contribution in [0.25, 0.3) is 0 Å². The molecular formula is C17H18ClF4N3O4S. The lowest BCUT2D eigenvalue weighted by Crippen LogP contribution is -2.37. The summed E-state index contributed by atoms with van der Waals surface area (Å²) in [5.74, 6) is -1.46. The predicted molar refractivity (Wildman–Crippen MR) is 103 cm³/mol. The number of benzene rings is 2. The summed E-state index contributed by atoms with van der Waals surface area (Å²) in [6, 6.07) is 5.23. The molecule has 0 saturated heterocycles. The maximum Gasteiger partial charge on any atom is 0.419 e. The summed E-state index contributed by atoms with van der Waals surface area (Å²) in [6.07, 6.45) is -4.92. The molecule has 0 amide bonds. The van der Waals surface area contributed by atoms with Crippen molar-refractivity contribution in [1.29, 1.82) is 0 Å². The Morgan fingerprint density at radius 1 is 1.17 bits per heavy atom. The second-order valence-corrected chi connectivity index (χ2v) is 7.99. The molecule has 0 aromatic heterocycles. The van der Waals surface area contributed by atoms with Crippen molar-refractivity contribution in [2.24, 2.45) is 5.73 Å². The van der Waals surface area contributed by atoms with Crippen molar-refractivity contribution in [3.63, 3.8) is 0 Å². The van der Waals surface area contributed by atoms with E-state index in [4.69, 9.17) is 5.73 Å². The van der Waals surface area contributed by atoms with E-state index in [1.165, 1.54) is 6.92 Å². The molecule has 2 aromatic carbocycles. The number of rotatable bonds is 7. The van der Waals surface area contributed by atoms with Gasteiger partial charge in [-0.3, -0.25) is 10.1 Å². The molecule has 0 radical (unpaired) electrons. The molecule has 2 aromatic rings. The molecule has 7 nitrogen and oxygen atoms in total. The average Bonchev–Trinajstić information content (AvgIpc) is 2.65. The quantitative estimate of drug-likeness (QED) is 0.374. The number of nitro benzene ring substituents is 1. The summed E-state index contributed by atoms with van der Waals surface area (Å²) in [6.45, 7) is 1.07. The fourth-order valence-corrected chi connectivity index (χ4v) is 4.08. The Labute approximate surface area is 176 Å². The highest BCUT2D eigenvalue weighted by atomic mass is 35.5. The van der Waals surface area contributed by atoms with E-state index in [1.807, 2.05) is 0 Å². The second-order valence-electron chi connectivity index (χ2n) is 6.05. The second kappa shape index (κ2) is 9.69. The van der Waals surface area contributed by atoms with Gasteiger partial charge in [0.15, 0.2) is 0 Å². The lowest BCUT2D eigenvalue weighted by Gasteiger charge is -2.24. The van der Waals surface area contributed by atoms with Gasteiger partial charge in [0.2, 0.25) is 10.0 Å². The van der Waals surface area contributed by atoms with Crippen molar-refractivity contribution in [3.8, 4) is 0 Å². The van der Waals surface area contributed by atoms with E-state index < -0.39 is 38.5 Å². The zero-order valence-corrected chi connectivity index (χ0v) is 17.1. The SMILES string of the molecule is CCN(C[C@H](N)c1ccc(F)c(C(F)(F)F)c1)S(=O)(=O)c1ccc([N+](=O)[O-])cc1.Cl. The van der Waals surface area contributed by atoms with Crippen LogP contribution in [0.5, 0.6) is 0 Å². The Balaban J connectivity index is 0.00000450. The minimum absolute atomic E-state index is 0. The van der Waals surface area contributed by atoms with Crippen molar-refractivity contribution in [2.45, 2.75) is 24.0 Å². The number of non-ortho nitro benzene ring substituents is 1. The Hall–Kier alpha value is -2.28. The van der Waals surface area contributed by atoms with Crippen molar-refractivity contribution in [3.05, 3.63) is 69.5 Å². The van der Waals surface area contributed by atoms with Crippen molar-refractivity contribution < 1.29 is 30.9 Å². The highest BCUT2D eigenvalue weighted by Gasteiger charge is 2.35. The number of hydrogen-bond acceptors (Lipinski definition) is 5. The minimum atomic E-state index is -4.92. The van der Waals surface area contributed by atoms with Gasteiger partial charge in [-0.15, -0.1) is 12.4 Å². The van der Waals surface area contributed by atoms with E-state index in [2.05, 4.69) is 0 Å². The molecule has 0 unspecified atom stereocenters. The van der Waals surface area contributed by atoms with Crippen LogP contribution in [-0.4, -0.2) is 30.7 Å². The molecule has 0 heterocycles. The first-order valence-electron chi connectivity index (χ1n) is 8.24. The van der Waals surface area contributed by atoms with Gasteiger partial charge in [0, 0.05) is 31.3 Å². The van der Waals surface area contributed by atoms with Crippen LogP contribution in [0.3, 0.4) is 0 Å². The highest BCUT2D eigenvalue weighted by Crippen LogP contribution is 2.33. The van der Waals surface area contributed by atoms with E-state index in [9.17, 15) is 36.1 Å². The highest BCUT2D eigenvalue weighted by molar-refractivity contribution is 7.89. The Morgan fingerprint density at radius 3 is 2.20 bits per heavy atom. The monoisotopic (exact) mass is 471 g/mol. The zero-order chi connectivity index (χ0) is 22.0. The van der Waals surface area contributed by atoms with Gasteiger partial charge in [0.25, 0.3) is 5.69 Å². The van der Waals surface area contributed by atoms with Gasteiger partial charge >= 0.3 is 6.18 Å². The van der Waals surface area contributed by atoms with Gasteiger partial charge < -0.3 is 5.73 Å². The number of nitro groups is 1. The molecule has 13 heteroatoms. The van der Waals surface area contributed by atoms with Gasteiger partial charge in [-0.25, -0.2) is 12.8 Å². The summed E-state index contributed by atoms with van der Waals surface area (Å²) >= 11 is 0. The van der Waals surface area contributed by atoms with Crippen LogP contribution in [0.1, 0.15) is 24.1 Å². The smallest absolute Gasteiger partial charge is 0.323 e. The molecule has 0 spiro atoms. The first-order valence-corrected chi connectivity index (χ1v) is 9.68. The molecule has 0 aliphatic carbocycles. The number of hydrogen-bond donors (Lipinski definition) is 1. The predicted octanol–water partition coefficient (Wildman–Crippen LogP) is 3.89. The van der Waals surface area contributed by atoms with Crippen molar-refractivity contribution in [2.75, 3.05) is 13.1 Å². The Morgan fingerprint density at radius 2 is 1.73 bits per heavy atom. The van der Waals surface area contributed by atoms with Gasteiger partial charge in [0.1, 0.15) is 5.82 Å². The van der Waals surface area contributed by atoms with Crippen LogP contribution in [-0.2, 0) is 16.2 Å². The number of likely N-dealkylation sites (N-methyl/N-ethyl adjacent to an activating group) is 1. The molecule has 0 aliphatic heterocycles. The van der Waals surface area contributed by atoms with Gasteiger partial charge in [-0.05, 0) is 29.8 Å². The maximum absolute atomic E-state index is 13.4. The molecule has 30 heavy (non-hydrogen) atoms. The van der Waals surface area contributed by atoms with Crippen molar-refractivity contribution >= 4 is 28.1 Å². The molecule has 2 rings (SSSR count). The number of nitrogens with zero attached hydrogens (tertiary/aromatic N) is 2. The zero-order valence-electron chi connectivity index (χ0n) is 15.5. The van der Waals surface area contributed by atoms with Crippen LogP contribution >= 0.6 is 12.4 Å². The average molecular weight is 472 g/mol. The largest absolute Gasteiger partial charge is 0.419 e. The Kier molecular flexibility index (Phi) is 8.32. The molecule has 0 aliphatic rings. The summed E-state index contributed by atoms with van der Waals surface area (Å²) < 4.78 is 78.5. The fourth-order valence-electron chi connectivity index (χ4n) is 2.60. The van der Waals surface area contributed by atoms with E-state index in [1.54, 1.807) is 0 Å². The van der Waals surface area contributed by atoms with Crippen LogP contribution in [0, 0.1) is 15.9 Å². The lowest BCUT2D eigenvalue weighted by molar-refractivity contribution is -0.384. The van der Waals surface area contributed by atoms with Crippen LogP contribution in [0.15, 0.2) is 47.4 Å². The van der Waals surface area contributed by atoms with Crippen LogP contribution in [0.4, 0.5) is 23.2 Å². The fraction of sp³-hybridized carbons (Fsp3) is 0.294. The molecule has 2 N–H and O–H groups in total. The topological polar surface area (TPSA) is 107 Å². The summed E-state index contributed by atoms with van der Waals surface area (Å²) in [7, 11) is -4.11. The van der Waals surface area contributed by atoms with Gasteiger partial charge in [-0.1, -0.05) is 13.0 Å². The van der Waals surface area contributed by atoms with E-state index in [0.29, 0.717) is 12.1 Å². The molecular weight excluding hydrogens is 454 g/mol. The van der Waals surface area contributed by atoms with Crippen LogP contribution < -0.4 is 5.73 Å². The number of alkyl halides is 3. The van der Waals surface area contributed by atoms with E-state index >= 15 is 0 Å². The molecule has 0 saturated carbocycles. The maximum atomic E-state index is 13.4. The van der Waals surface area contributed by atoms with Crippen molar-refractivity contribution in [1.82, 2.24) is 4.31 Å². The number of halogens is 5. The molecule has 0 bridgehead atoms. The summed E-state index contributed by atoms with van der Waals surface area (Å²) in [5, 5.41) is 10.7. The van der Waals surface area contributed by atoms with E-state index in [0.717, 1.165) is 34.6 Å². The molecule has 0 fully saturated rings. The van der Waals surface area contributed by atoms with Crippen LogP contribution in [0.2, 0.25) is 0 Å². The lowest BCUT2D eigenvalue weighted by atomic mass is 10.0. The normalized spacial score (nSPS) is 13.0. The van der Waals surface area contributed by atoms with E-state index in [-0.39, 0.29) is 41.6 Å². The van der Waals surface area contributed by atoms with Gasteiger partial charge in [-0.2, -0.15) is 17.5 Å². The number of sulfonamides is 1. The first kappa shape index (κ1) is 25.8. The summed E-state index contributed by atoms with van der Waals surface area (Å²) in [4.78, 5) is 9.79. The Bertz CT molecular complexity index is 1000. The molecule has 1 atom stereocenters. The minimum Gasteiger partial charge on any atom is -0.323 e. The third-order valence-corrected chi connectivity index (χ3v) is 6.12. The first-order chi connectivity index (χ1) is 13.4. The summed E-state index contributed by atoms with van der Waals surface area (Å²) in [5.41, 5.74) is 4.01. The molecule has 166 valence electrons. The number of nitrogens with two attached hydrogens (primary N) is 1. The third kappa shape index (κ3) is 5.65. The standard InChI is InChI=1S/C17H17F4N3O4S.ClH/c1-2-23(29(27,28)13-6-4-12(5-7-13)24(25)26)10-16(22)11-3-8-15(18)14(9-11)17(19,20)21;/h3-9,16H,2,10,22H2,1H3;1H/t16-;/m0./s1. The third-order valence-electron chi connectivity index (χ3n) is 4.16.